The molecule has 0 unspecified atom stereocenters. The largest absolute Gasteiger partial charge is 0.466 e. The van der Waals surface area contributed by atoms with Crippen LogP contribution in [0.4, 0.5) is 11.4 Å². The number of ether oxygens (including phenoxy) is 2. The van der Waals surface area contributed by atoms with Gasteiger partial charge in [0.25, 0.3) is 17.3 Å². The Balaban J connectivity index is 0.00000151. The first-order valence-electron chi connectivity index (χ1n) is 26.2. The van der Waals surface area contributed by atoms with Gasteiger partial charge in [0, 0.05) is 19.5 Å². The van der Waals surface area contributed by atoms with Crippen molar-refractivity contribution in [2.75, 3.05) is 50.0 Å². The maximum Gasteiger partial charge on any atom is 0.305 e. The number of carbonyl (C=O) groups is 2. The summed E-state index contributed by atoms with van der Waals surface area (Å²) in [5.74, 6) is -0.0315. The molecule has 358 valence electrons. The standard InChI is InChI=1S/C34H63N3O4.C18H36O2/c1-4-7-9-11-13-18-22-29-41-30(38)24-19-15-14-17-21-27-37(26-20-16-12-10-8-5-2)28-23-25-36-32-31(35-6-3)33(39)34(32)40;1-3-5-7-9-11-13-15-18(20-17-19)16-14-12-10-8-6-4-2/h35-36H,4-29H2,1-3H3;17-18H,3-16H2,1-2H3. The lowest BCUT2D eigenvalue weighted by atomic mass is 10.0. The zero-order valence-electron chi connectivity index (χ0n) is 40.8. The number of unbranched alkanes of at least 4 members (excludes halogenated alkanes) is 25. The normalized spacial score (nSPS) is 11.3. The molecule has 9 nitrogen and oxygen atoms in total. The maximum atomic E-state index is 12.0. The maximum absolute atomic E-state index is 12.0. The summed E-state index contributed by atoms with van der Waals surface area (Å²) in [6.07, 6.45) is 41.4. The van der Waals surface area contributed by atoms with Crippen molar-refractivity contribution in [3.63, 3.8) is 0 Å². The van der Waals surface area contributed by atoms with E-state index in [0.717, 1.165) is 64.6 Å². The fraction of sp³-hybridized carbons (Fsp3) is 0.885. The molecule has 0 spiro atoms. The van der Waals surface area contributed by atoms with Gasteiger partial charge in [-0.3, -0.25) is 19.2 Å². The molecule has 0 heterocycles. The fourth-order valence-corrected chi connectivity index (χ4v) is 7.99. The van der Waals surface area contributed by atoms with Crippen LogP contribution in [0.15, 0.2) is 9.59 Å². The molecule has 0 saturated heterocycles. The molecule has 1 rings (SSSR count). The van der Waals surface area contributed by atoms with E-state index in [-0.39, 0.29) is 12.1 Å². The molecule has 0 aliphatic heterocycles. The Morgan fingerprint density at radius 1 is 0.508 bits per heavy atom. The van der Waals surface area contributed by atoms with Crippen molar-refractivity contribution in [2.24, 2.45) is 0 Å². The Morgan fingerprint density at radius 3 is 1.36 bits per heavy atom. The van der Waals surface area contributed by atoms with Crippen LogP contribution in [0.3, 0.4) is 0 Å². The number of esters is 1. The molecule has 0 fully saturated rings. The van der Waals surface area contributed by atoms with Gasteiger partial charge in [0.2, 0.25) is 0 Å². The van der Waals surface area contributed by atoms with Gasteiger partial charge in [-0.1, -0.05) is 182 Å². The molecule has 0 aliphatic carbocycles. The molecule has 0 radical (unpaired) electrons. The molecular formula is C52H99N3O6. The number of hydrogen-bond acceptors (Lipinski definition) is 9. The van der Waals surface area contributed by atoms with Crippen LogP contribution >= 0.6 is 0 Å². The summed E-state index contributed by atoms with van der Waals surface area (Å²) in [4.78, 5) is 48.7. The third-order valence-electron chi connectivity index (χ3n) is 11.9. The monoisotopic (exact) mass is 862 g/mol. The van der Waals surface area contributed by atoms with E-state index in [4.69, 9.17) is 9.47 Å². The summed E-state index contributed by atoms with van der Waals surface area (Å²) in [5.41, 5.74) is 0.106. The molecule has 61 heavy (non-hydrogen) atoms. The van der Waals surface area contributed by atoms with Gasteiger partial charge in [0.15, 0.2) is 0 Å². The lowest BCUT2D eigenvalue weighted by Crippen LogP contribution is -2.38. The van der Waals surface area contributed by atoms with Gasteiger partial charge < -0.3 is 25.0 Å². The molecule has 1 aromatic rings. The van der Waals surface area contributed by atoms with Crippen molar-refractivity contribution >= 4 is 23.8 Å². The van der Waals surface area contributed by atoms with Gasteiger partial charge in [-0.05, 0) is 84.3 Å². The number of hydrogen-bond donors (Lipinski definition) is 2. The number of rotatable bonds is 46. The van der Waals surface area contributed by atoms with E-state index in [9.17, 15) is 19.2 Å². The SMILES string of the molecule is CCCCCCCCC(CCCCCCCC)OC=O.CCCCCCCCCOC(=O)CCCCCCCN(CCCCCCCC)CCCNc1c(NCC)c(=O)c1=O. The van der Waals surface area contributed by atoms with Crippen LogP contribution in [0, 0.1) is 0 Å². The highest BCUT2D eigenvalue weighted by Crippen LogP contribution is 2.17. The topological polar surface area (TPSA) is 114 Å². The molecule has 0 aromatic heterocycles. The first kappa shape index (κ1) is 58.6. The van der Waals surface area contributed by atoms with Crippen molar-refractivity contribution in [3.8, 4) is 0 Å². The number of nitrogens with zero attached hydrogens (tertiary/aromatic N) is 1. The third-order valence-corrected chi connectivity index (χ3v) is 11.9. The Labute approximate surface area is 376 Å². The second-order valence-electron chi connectivity index (χ2n) is 17.7. The Morgan fingerprint density at radius 2 is 0.902 bits per heavy atom. The summed E-state index contributed by atoms with van der Waals surface area (Å²) >= 11 is 0. The van der Waals surface area contributed by atoms with E-state index in [1.807, 2.05) is 6.92 Å². The van der Waals surface area contributed by atoms with Crippen LogP contribution < -0.4 is 21.5 Å². The van der Waals surface area contributed by atoms with Gasteiger partial charge in [0.05, 0.1) is 6.61 Å². The average molecular weight is 862 g/mol. The van der Waals surface area contributed by atoms with Gasteiger partial charge >= 0.3 is 5.97 Å². The number of nitrogens with one attached hydrogen (secondary N) is 2. The first-order chi connectivity index (χ1) is 29.9. The molecule has 0 atom stereocenters. The predicted octanol–water partition coefficient (Wildman–Crippen LogP) is 13.8. The molecular weight excluding hydrogens is 763 g/mol. The van der Waals surface area contributed by atoms with Crippen molar-refractivity contribution in [1.82, 2.24) is 4.90 Å². The minimum Gasteiger partial charge on any atom is -0.466 e. The predicted molar refractivity (Wildman–Crippen MR) is 262 cm³/mol. The summed E-state index contributed by atoms with van der Waals surface area (Å²) in [7, 11) is 0. The average Bonchev–Trinajstić information content (AvgIpc) is 3.26. The molecule has 0 aliphatic rings. The molecule has 2 N–H and O–H groups in total. The first-order valence-corrected chi connectivity index (χ1v) is 26.2. The second-order valence-corrected chi connectivity index (χ2v) is 17.7. The van der Waals surface area contributed by atoms with Gasteiger partial charge in [-0.2, -0.15) is 0 Å². The summed E-state index contributed by atoms with van der Waals surface area (Å²) in [5, 5.41) is 6.19. The Kier molecular flexibility index (Phi) is 43.8. The zero-order chi connectivity index (χ0) is 44.9. The van der Waals surface area contributed by atoms with E-state index in [2.05, 4.69) is 43.2 Å². The van der Waals surface area contributed by atoms with Crippen LogP contribution in [0.2, 0.25) is 0 Å². The van der Waals surface area contributed by atoms with Gasteiger partial charge in [0.1, 0.15) is 17.5 Å². The molecule has 9 heteroatoms. The van der Waals surface area contributed by atoms with E-state index >= 15 is 0 Å². The summed E-state index contributed by atoms with van der Waals surface area (Å²) in [6.45, 7) is 16.7. The van der Waals surface area contributed by atoms with Gasteiger partial charge in [-0.15, -0.1) is 0 Å². The highest BCUT2D eigenvalue weighted by Gasteiger charge is 2.19. The van der Waals surface area contributed by atoms with Crippen LogP contribution in [-0.2, 0) is 19.1 Å². The lowest BCUT2D eigenvalue weighted by molar-refractivity contribution is -0.144. The smallest absolute Gasteiger partial charge is 0.305 e. The molecule has 0 saturated carbocycles. The zero-order valence-corrected chi connectivity index (χ0v) is 40.8. The summed E-state index contributed by atoms with van der Waals surface area (Å²) < 4.78 is 10.6. The summed E-state index contributed by atoms with van der Waals surface area (Å²) in [6, 6.07) is 0. The van der Waals surface area contributed by atoms with Gasteiger partial charge in [-0.25, -0.2) is 0 Å². The van der Waals surface area contributed by atoms with Crippen molar-refractivity contribution < 1.29 is 19.1 Å². The highest BCUT2D eigenvalue weighted by atomic mass is 16.5. The van der Waals surface area contributed by atoms with Crippen LogP contribution in [0.5, 0.6) is 0 Å². The Bertz CT molecular complexity index is 1150. The number of anilines is 2. The van der Waals surface area contributed by atoms with Crippen molar-refractivity contribution in [1.29, 1.82) is 0 Å². The van der Waals surface area contributed by atoms with Crippen molar-refractivity contribution in [3.05, 3.63) is 20.4 Å². The highest BCUT2D eigenvalue weighted by molar-refractivity contribution is 5.73. The fourth-order valence-electron chi connectivity index (χ4n) is 7.99. The van der Waals surface area contributed by atoms with Crippen LogP contribution in [0.1, 0.15) is 253 Å². The molecule has 1 aromatic carbocycles. The van der Waals surface area contributed by atoms with E-state index < -0.39 is 10.9 Å². The van der Waals surface area contributed by atoms with E-state index in [1.54, 1.807) is 0 Å². The van der Waals surface area contributed by atoms with Crippen LogP contribution in [-0.4, -0.2) is 62.8 Å². The Hall–Kier alpha value is -2.42. The van der Waals surface area contributed by atoms with Crippen molar-refractivity contribution in [2.45, 2.75) is 259 Å². The number of carbonyl (C=O) groups excluding carboxylic acids is 2. The van der Waals surface area contributed by atoms with E-state index in [0.29, 0.717) is 44.0 Å². The second kappa shape index (κ2) is 45.6. The molecule has 0 amide bonds. The quantitative estimate of drug-likeness (QED) is 0.0286. The lowest BCUT2D eigenvalue weighted by Gasteiger charge is -2.23. The minimum atomic E-state index is -0.403. The minimum absolute atomic E-state index is 0.0315. The van der Waals surface area contributed by atoms with Crippen LogP contribution in [0.25, 0.3) is 0 Å². The third kappa shape index (κ3) is 35.7. The molecule has 0 bridgehead atoms. The van der Waals surface area contributed by atoms with E-state index in [1.165, 1.54) is 167 Å².